The van der Waals surface area contributed by atoms with Gasteiger partial charge in [0.05, 0.1) is 6.04 Å². The molecule has 0 saturated heterocycles. The van der Waals surface area contributed by atoms with Crippen molar-refractivity contribution >= 4 is 32.4 Å². The number of benzene rings is 2. The van der Waals surface area contributed by atoms with E-state index in [1.165, 1.54) is 0 Å². The van der Waals surface area contributed by atoms with Gasteiger partial charge in [-0.25, -0.2) is 13.1 Å². The van der Waals surface area contributed by atoms with Crippen LogP contribution in [0.25, 0.3) is 0 Å². The molecule has 2 aromatic carbocycles. The molecule has 1 atom stereocenters. The van der Waals surface area contributed by atoms with Gasteiger partial charge in [-0.05, 0) is 63.1 Å². The molecule has 2 N–H and O–H groups in total. The maximum Gasteiger partial charge on any atom is 0.270 e. The number of hydrogen-bond acceptors (Lipinski definition) is 7. The third kappa shape index (κ3) is 6.09. The molecular formula is C21H24N4O4S2. The first-order valence-corrected chi connectivity index (χ1v) is 11.9. The Balaban J connectivity index is 1.58. The summed E-state index contributed by atoms with van der Waals surface area (Å²) in [6, 6.07) is 12.2. The van der Waals surface area contributed by atoms with Gasteiger partial charge in [0, 0.05) is 5.56 Å². The molecular weight excluding hydrogens is 436 g/mol. The highest BCUT2D eigenvalue weighted by molar-refractivity contribution is 7.91. The molecule has 0 aliphatic heterocycles. The highest BCUT2D eigenvalue weighted by Gasteiger charge is 2.23. The topological polar surface area (TPSA) is 110 Å². The van der Waals surface area contributed by atoms with Gasteiger partial charge in [0.1, 0.15) is 12.4 Å². The highest BCUT2D eigenvalue weighted by Crippen LogP contribution is 2.21. The SMILES string of the molecule is Cc1ccc(C(=O)Nc2nnc(S(=O)(=O)NC(C)COc3ccc(C)c(C)c3)s2)cc1. The number of carbonyl (C=O) groups excluding carboxylic acids is 1. The number of hydrogen-bond donors (Lipinski definition) is 2. The number of amides is 1. The molecule has 1 aromatic heterocycles. The fourth-order valence-corrected chi connectivity index (χ4v) is 4.76. The molecule has 1 unspecified atom stereocenters. The fourth-order valence-electron chi connectivity index (χ4n) is 2.62. The Kier molecular flexibility index (Phi) is 7.04. The Morgan fingerprint density at radius 1 is 1.06 bits per heavy atom. The van der Waals surface area contributed by atoms with E-state index in [0.717, 1.165) is 28.0 Å². The van der Waals surface area contributed by atoms with Gasteiger partial charge in [0.15, 0.2) is 0 Å². The van der Waals surface area contributed by atoms with Crippen LogP contribution in [0, 0.1) is 20.8 Å². The molecule has 0 saturated carbocycles. The lowest BCUT2D eigenvalue weighted by Crippen LogP contribution is -2.36. The van der Waals surface area contributed by atoms with Gasteiger partial charge in [0.2, 0.25) is 9.47 Å². The van der Waals surface area contributed by atoms with Gasteiger partial charge in [-0.15, -0.1) is 10.2 Å². The van der Waals surface area contributed by atoms with Crippen molar-refractivity contribution in [3.05, 3.63) is 64.7 Å². The number of nitrogens with zero attached hydrogens (tertiary/aromatic N) is 2. The second kappa shape index (κ2) is 9.54. The zero-order chi connectivity index (χ0) is 22.6. The molecule has 31 heavy (non-hydrogen) atoms. The number of ether oxygens (including phenoxy) is 1. The normalized spacial score (nSPS) is 12.4. The van der Waals surface area contributed by atoms with Crippen LogP contribution in [-0.2, 0) is 10.0 Å². The molecule has 0 bridgehead atoms. The van der Waals surface area contributed by atoms with E-state index in [0.29, 0.717) is 11.3 Å². The van der Waals surface area contributed by atoms with Crippen LogP contribution >= 0.6 is 11.3 Å². The van der Waals surface area contributed by atoms with Crippen molar-refractivity contribution in [3.63, 3.8) is 0 Å². The van der Waals surface area contributed by atoms with E-state index in [1.54, 1.807) is 19.1 Å². The molecule has 0 aliphatic carbocycles. The summed E-state index contributed by atoms with van der Waals surface area (Å²) in [5.41, 5.74) is 3.73. The Morgan fingerprint density at radius 3 is 2.45 bits per heavy atom. The van der Waals surface area contributed by atoms with Crippen LogP contribution in [0.15, 0.2) is 46.8 Å². The summed E-state index contributed by atoms with van der Waals surface area (Å²) in [6.45, 7) is 7.76. The second-order valence-electron chi connectivity index (χ2n) is 7.27. The third-order valence-electron chi connectivity index (χ3n) is 4.51. The number of sulfonamides is 1. The monoisotopic (exact) mass is 460 g/mol. The smallest absolute Gasteiger partial charge is 0.270 e. The first kappa shape index (κ1) is 22.9. The average molecular weight is 461 g/mol. The summed E-state index contributed by atoms with van der Waals surface area (Å²) in [5, 5.41) is 10.1. The van der Waals surface area contributed by atoms with Crippen LogP contribution in [0.2, 0.25) is 0 Å². The maximum atomic E-state index is 12.6. The molecule has 1 amide bonds. The van der Waals surface area contributed by atoms with Crippen LogP contribution < -0.4 is 14.8 Å². The quantitative estimate of drug-likeness (QED) is 0.498. The van der Waals surface area contributed by atoms with Crippen LogP contribution in [-0.4, -0.2) is 37.2 Å². The largest absolute Gasteiger partial charge is 0.492 e. The van der Waals surface area contributed by atoms with Crippen molar-refractivity contribution in [2.75, 3.05) is 11.9 Å². The van der Waals surface area contributed by atoms with Crippen molar-refractivity contribution in [3.8, 4) is 5.75 Å². The van der Waals surface area contributed by atoms with Crippen LogP contribution in [0.3, 0.4) is 0 Å². The van der Waals surface area contributed by atoms with Gasteiger partial charge in [-0.3, -0.25) is 10.1 Å². The Morgan fingerprint density at radius 2 is 1.77 bits per heavy atom. The van der Waals surface area contributed by atoms with Gasteiger partial charge >= 0.3 is 0 Å². The number of anilines is 1. The maximum absolute atomic E-state index is 12.6. The van der Waals surface area contributed by atoms with E-state index >= 15 is 0 Å². The summed E-state index contributed by atoms with van der Waals surface area (Å²) >= 11 is 0.781. The molecule has 0 spiro atoms. The molecule has 0 radical (unpaired) electrons. The number of rotatable bonds is 8. The predicted molar refractivity (Wildman–Crippen MR) is 120 cm³/mol. The van der Waals surface area contributed by atoms with Crippen molar-refractivity contribution in [2.45, 2.75) is 38.1 Å². The standard InChI is InChI=1S/C21H24N4O4S2/c1-13-5-8-17(9-6-13)19(26)22-20-23-24-21(30-20)31(27,28)25-16(4)12-29-18-10-7-14(2)15(3)11-18/h5-11,16,25H,12H2,1-4H3,(H,22,23,26). The van der Waals surface area contributed by atoms with E-state index in [4.69, 9.17) is 4.74 Å². The average Bonchev–Trinajstić information content (AvgIpc) is 3.18. The van der Waals surface area contributed by atoms with Gasteiger partial charge in [-0.1, -0.05) is 35.1 Å². The van der Waals surface area contributed by atoms with Gasteiger partial charge < -0.3 is 4.74 Å². The molecule has 164 valence electrons. The van der Waals surface area contributed by atoms with Crippen molar-refractivity contribution < 1.29 is 17.9 Å². The lowest BCUT2D eigenvalue weighted by atomic mass is 10.1. The minimum absolute atomic E-state index is 0.102. The number of aromatic nitrogens is 2. The van der Waals surface area contributed by atoms with Gasteiger partial charge in [0.25, 0.3) is 15.9 Å². The van der Waals surface area contributed by atoms with E-state index in [2.05, 4.69) is 20.2 Å². The summed E-state index contributed by atoms with van der Waals surface area (Å²) < 4.78 is 33.1. The first-order valence-electron chi connectivity index (χ1n) is 9.58. The minimum atomic E-state index is -3.90. The summed E-state index contributed by atoms with van der Waals surface area (Å²) in [5.74, 6) is 0.286. The number of nitrogens with one attached hydrogen (secondary N) is 2. The second-order valence-corrected chi connectivity index (χ2v) is 10.1. The van der Waals surface area contributed by atoms with Crippen LogP contribution in [0.1, 0.15) is 34.0 Å². The van der Waals surface area contributed by atoms with Crippen LogP contribution in [0.4, 0.5) is 5.13 Å². The Bertz CT molecular complexity index is 1170. The Labute approximate surface area is 185 Å². The predicted octanol–water partition coefficient (Wildman–Crippen LogP) is 3.46. The van der Waals surface area contributed by atoms with Crippen molar-refractivity contribution in [2.24, 2.45) is 0 Å². The summed E-state index contributed by atoms with van der Waals surface area (Å²) in [6.07, 6.45) is 0. The zero-order valence-electron chi connectivity index (χ0n) is 17.7. The number of carbonyl (C=O) groups is 1. The molecule has 1 heterocycles. The Hall–Kier alpha value is -2.82. The number of aryl methyl sites for hydroxylation is 3. The lowest BCUT2D eigenvalue weighted by molar-refractivity contribution is 0.102. The zero-order valence-corrected chi connectivity index (χ0v) is 19.3. The van der Waals surface area contributed by atoms with Gasteiger partial charge in [-0.2, -0.15) is 0 Å². The minimum Gasteiger partial charge on any atom is -0.492 e. The van der Waals surface area contributed by atoms with E-state index < -0.39 is 16.1 Å². The third-order valence-corrected chi connectivity index (χ3v) is 7.30. The van der Waals surface area contributed by atoms with Crippen molar-refractivity contribution in [1.82, 2.24) is 14.9 Å². The summed E-state index contributed by atoms with van der Waals surface area (Å²) in [4.78, 5) is 12.3. The lowest BCUT2D eigenvalue weighted by Gasteiger charge is -2.14. The van der Waals surface area contributed by atoms with E-state index in [1.807, 2.05) is 51.1 Å². The molecule has 3 rings (SSSR count). The van der Waals surface area contributed by atoms with E-state index in [-0.39, 0.29) is 22.0 Å². The fraction of sp³-hybridized carbons (Fsp3) is 0.286. The molecule has 0 aliphatic rings. The molecule has 10 heteroatoms. The molecule has 3 aromatic rings. The molecule has 0 fully saturated rings. The van der Waals surface area contributed by atoms with Crippen LogP contribution in [0.5, 0.6) is 5.75 Å². The first-order chi connectivity index (χ1) is 14.6. The van der Waals surface area contributed by atoms with Crippen molar-refractivity contribution in [1.29, 1.82) is 0 Å². The van der Waals surface area contributed by atoms with E-state index in [9.17, 15) is 13.2 Å². The molecule has 8 nitrogen and oxygen atoms in total. The summed E-state index contributed by atoms with van der Waals surface area (Å²) in [7, 11) is -3.90. The highest BCUT2D eigenvalue weighted by atomic mass is 32.2.